The van der Waals surface area contributed by atoms with Gasteiger partial charge in [0.05, 0.1) is 16.0 Å². The van der Waals surface area contributed by atoms with Crippen LogP contribution in [0.4, 0.5) is 29.3 Å². The predicted molar refractivity (Wildman–Crippen MR) is 277 cm³/mol. The van der Waals surface area contributed by atoms with E-state index in [9.17, 15) is 44.4 Å². The number of anilines is 2. The molecular weight excluding hydrogens is 1040 g/mol. The minimum Gasteiger partial charge on any atom is -0.427 e. The molecule has 392 valence electrons. The molecule has 5 rings (SSSR count). The van der Waals surface area contributed by atoms with Crippen molar-refractivity contribution in [3.8, 4) is 0 Å². The van der Waals surface area contributed by atoms with Crippen LogP contribution < -0.4 is 20.7 Å². The van der Waals surface area contributed by atoms with Gasteiger partial charge in [-0.1, -0.05) is 47.5 Å². The summed E-state index contributed by atoms with van der Waals surface area (Å²) < 4.78 is 109. The molecule has 0 unspecified atom stereocenters. The molecule has 4 aromatic rings. The van der Waals surface area contributed by atoms with E-state index in [0.29, 0.717) is 48.6 Å². The lowest BCUT2D eigenvalue weighted by Gasteiger charge is -2.27. The Morgan fingerprint density at radius 2 is 1.53 bits per heavy atom. The van der Waals surface area contributed by atoms with Crippen molar-refractivity contribution in [3.05, 3.63) is 119 Å². The molecule has 0 fully saturated rings. The summed E-state index contributed by atoms with van der Waals surface area (Å²) in [6.07, 6.45) is 4.41. The average Bonchev–Trinajstić information content (AvgIpc) is 3.34. The van der Waals surface area contributed by atoms with Gasteiger partial charge in [-0.3, -0.25) is 9.59 Å². The molecule has 2 amide bonds. The number of carbonyl (C=O) groups is 3. The first-order valence-electron chi connectivity index (χ1n) is 23.2. The summed E-state index contributed by atoms with van der Waals surface area (Å²) in [7, 11) is -11.2. The number of amides is 2. The second-order valence-corrected chi connectivity index (χ2v) is 23.4. The number of alkyl halides is 4. The topological polar surface area (TPSA) is 189 Å². The third kappa shape index (κ3) is 17.3. The van der Waals surface area contributed by atoms with Gasteiger partial charge < -0.3 is 30.3 Å². The zero-order chi connectivity index (χ0) is 52.5. The van der Waals surface area contributed by atoms with Crippen LogP contribution in [-0.2, 0) is 34.1 Å². The Bertz CT molecular complexity index is 2710. The van der Waals surface area contributed by atoms with Crippen LogP contribution in [0.15, 0.2) is 117 Å². The fourth-order valence-corrected chi connectivity index (χ4v) is 10.7. The Labute approximate surface area is 434 Å². The third-order valence-corrected chi connectivity index (χ3v) is 15.9. The molecule has 1 aliphatic rings. The second kappa shape index (κ2) is 26.8. The molecule has 0 radical (unpaired) electrons. The lowest BCUT2D eigenvalue weighted by molar-refractivity contribution is -0.161. The molecule has 1 aliphatic carbocycles. The molecule has 14 nitrogen and oxygen atoms in total. The lowest BCUT2D eigenvalue weighted by atomic mass is 9.87. The number of nitrogens with one attached hydrogen (secondary N) is 4. The number of nitrogens with zero attached hydrogens (tertiary/aromatic N) is 1. The molecule has 4 N–H and O–H groups in total. The van der Waals surface area contributed by atoms with Gasteiger partial charge in [-0.25, -0.2) is 26.4 Å². The number of hydrogen-bond donors (Lipinski definition) is 4. The molecule has 1 atom stereocenters. The van der Waals surface area contributed by atoms with Crippen LogP contribution in [0.1, 0.15) is 81.6 Å². The maximum Gasteiger partial charge on any atom is 0.501 e. The molecule has 0 spiro atoms. The quantitative estimate of drug-likeness (QED) is 0.0161. The van der Waals surface area contributed by atoms with Gasteiger partial charge in [0.25, 0.3) is 25.8 Å². The highest BCUT2D eigenvalue weighted by atomic mass is 35.5. The predicted octanol–water partition coefficient (Wildman–Crippen LogP) is 10.7. The van der Waals surface area contributed by atoms with Crippen molar-refractivity contribution < 1.29 is 53.9 Å². The summed E-state index contributed by atoms with van der Waals surface area (Å²) in [6, 6.07) is 23.9. The fourth-order valence-electron chi connectivity index (χ4n) is 7.39. The SMILES string of the molecule is CC(C)(C)C(=O)OCOC(=O)N(CCCCCl)CC[C@H](CSc1ccccc1)Nc1ccc(S(=O)(=O)NC(=O)c2ccc(NCCNCC3=C(c4ccc(Cl)cc4)CCCC3)cc2)cc1S(=O)(=O)C(F)(F)F. The number of benzene rings is 4. The molecule has 0 bridgehead atoms. The van der Waals surface area contributed by atoms with E-state index in [1.54, 1.807) is 63.2 Å². The Morgan fingerprint density at radius 1 is 0.833 bits per heavy atom. The zero-order valence-electron chi connectivity index (χ0n) is 40.2. The van der Waals surface area contributed by atoms with Crippen molar-refractivity contribution >= 4 is 89.7 Å². The van der Waals surface area contributed by atoms with E-state index in [2.05, 4.69) is 16.0 Å². The summed E-state index contributed by atoms with van der Waals surface area (Å²) in [5.74, 6) is -1.28. The van der Waals surface area contributed by atoms with Crippen LogP contribution in [0.2, 0.25) is 5.02 Å². The molecule has 0 aliphatic heterocycles. The molecule has 0 saturated carbocycles. The Morgan fingerprint density at radius 3 is 2.19 bits per heavy atom. The van der Waals surface area contributed by atoms with Crippen LogP contribution >= 0.6 is 35.0 Å². The number of hydrogen-bond acceptors (Lipinski definition) is 13. The molecule has 4 aromatic carbocycles. The number of thioether (sulfide) groups is 1. The van der Waals surface area contributed by atoms with E-state index in [0.717, 1.165) is 49.3 Å². The van der Waals surface area contributed by atoms with Gasteiger partial charge in [0.1, 0.15) is 4.90 Å². The van der Waals surface area contributed by atoms with Crippen molar-refractivity contribution in [3.63, 3.8) is 0 Å². The average molecular weight is 1100 g/mol. The molecule has 0 aromatic heterocycles. The Kier molecular flexibility index (Phi) is 21.6. The van der Waals surface area contributed by atoms with Crippen LogP contribution in [0, 0.1) is 5.41 Å². The minimum atomic E-state index is -6.21. The van der Waals surface area contributed by atoms with Crippen molar-refractivity contribution in [1.82, 2.24) is 14.9 Å². The first-order valence-corrected chi connectivity index (χ1v) is 28.1. The summed E-state index contributed by atoms with van der Waals surface area (Å²) in [5.41, 5.74) is -2.89. The van der Waals surface area contributed by atoms with E-state index in [1.807, 2.05) is 29.0 Å². The van der Waals surface area contributed by atoms with E-state index in [4.69, 9.17) is 32.7 Å². The number of rotatable bonds is 25. The summed E-state index contributed by atoms with van der Waals surface area (Å²) in [6.45, 7) is 6.18. The highest BCUT2D eigenvalue weighted by Gasteiger charge is 2.48. The number of sulfonamides is 1. The van der Waals surface area contributed by atoms with Crippen molar-refractivity contribution in [2.45, 2.75) is 92.0 Å². The molecule has 72 heavy (non-hydrogen) atoms. The Hall–Kier alpha value is -4.99. The van der Waals surface area contributed by atoms with Crippen molar-refractivity contribution in [2.24, 2.45) is 5.41 Å². The smallest absolute Gasteiger partial charge is 0.427 e. The number of ether oxygens (including phenoxy) is 2. The summed E-state index contributed by atoms with van der Waals surface area (Å²) in [4.78, 5) is 38.5. The van der Waals surface area contributed by atoms with Gasteiger partial charge >= 0.3 is 17.6 Å². The monoisotopic (exact) mass is 1100 g/mol. The standard InChI is InChI=1S/C50H60Cl2F3N5O9S3/c1-49(2,3)47(62)68-34-69-48(63)60(29-10-9-26-51)30-25-40(33-70-41-12-5-4-6-13-41)58-44-24-23-42(31-45(44)71(64,65)50(53,54)55)72(66,67)59-46(61)36-17-21-39(22-18-36)57-28-27-56-32-37-11-7-8-14-43(37)35-15-19-38(52)20-16-35/h4-6,12-13,15-24,31,40,56-58H,7-11,14,25-30,32-34H2,1-3H3,(H,59,61)/t40-/m1/s1. The maximum absolute atomic E-state index is 14.3. The van der Waals surface area contributed by atoms with E-state index in [-0.39, 0.29) is 30.8 Å². The minimum absolute atomic E-state index is 0.0232. The molecule has 0 heterocycles. The van der Waals surface area contributed by atoms with Gasteiger partial charge in [-0.15, -0.1) is 23.4 Å². The summed E-state index contributed by atoms with van der Waals surface area (Å²) >= 11 is 13.3. The molecular formula is C50H60Cl2F3N5O9S3. The fraction of sp³-hybridized carbons (Fsp3) is 0.420. The number of sulfone groups is 1. The normalized spacial score (nSPS) is 13.8. The largest absolute Gasteiger partial charge is 0.501 e. The van der Waals surface area contributed by atoms with Gasteiger partial charge in [0, 0.05) is 71.6 Å². The van der Waals surface area contributed by atoms with Crippen LogP contribution in [0.5, 0.6) is 0 Å². The number of allylic oxidation sites excluding steroid dienone is 1. The number of unbranched alkanes of at least 4 members (excludes halogenated alkanes) is 1. The van der Waals surface area contributed by atoms with Crippen LogP contribution in [0.3, 0.4) is 0 Å². The van der Waals surface area contributed by atoms with Crippen LogP contribution in [-0.4, -0.2) is 102 Å². The van der Waals surface area contributed by atoms with Gasteiger partial charge in [-0.2, -0.15) is 13.2 Å². The highest BCUT2D eigenvalue weighted by molar-refractivity contribution is 7.99. The van der Waals surface area contributed by atoms with E-state index < -0.39 is 77.1 Å². The van der Waals surface area contributed by atoms with E-state index in [1.165, 1.54) is 45.5 Å². The third-order valence-electron chi connectivity index (χ3n) is 11.3. The van der Waals surface area contributed by atoms with Gasteiger partial charge in [0.15, 0.2) is 0 Å². The van der Waals surface area contributed by atoms with Crippen molar-refractivity contribution in [1.29, 1.82) is 0 Å². The zero-order valence-corrected chi connectivity index (χ0v) is 44.1. The van der Waals surface area contributed by atoms with Crippen molar-refractivity contribution in [2.75, 3.05) is 61.8 Å². The lowest BCUT2D eigenvalue weighted by Crippen LogP contribution is -2.38. The highest BCUT2D eigenvalue weighted by Crippen LogP contribution is 2.37. The first-order chi connectivity index (χ1) is 34.1. The van der Waals surface area contributed by atoms with Crippen LogP contribution in [0.25, 0.3) is 5.57 Å². The first kappa shape index (κ1) is 57.9. The molecule has 0 saturated heterocycles. The Balaban J connectivity index is 1.28. The molecule has 22 heteroatoms. The summed E-state index contributed by atoms with van der Waals surface area (Å²) in [5, 5.41) is 10.3. The number of esters is 1. The van der Waals surface area contributed by atoms with E-state index >= 15 is 0 Å². The second-order valence-electron chi connectivity index (χ2n) is 17.9. The van der Waals surface area contributed by atoms with Gasteiger partial charge in [0.2, 0.25) is 6.79 Å². The number of carbonyl (C=O) groups excluding carboxylic acids is 3. The maximum atomic E-state index is 14.3. The number of halogens is 5. The van der Waals surface area contributed by atoms with Gasteiger partial charge in [-0.05, 0) is 144 Å².